The second kappa shape index (κ2) is 5.34. The largest absolute Gasteiger partial charge is 0.354 e. The van der Waals surface area contributed by atoms with Gasteiger partial charge in [0.05, 0.1) is 37.4 Å². The molecule has 0 aliphatic heterocycles. The van der Waals surface area contributed by atoms with E-state index in [1.807, 2.05) is 12.1 Å². The van der Waals surface area contributed by atoms with E-state index in [9.17, 15) is 9.59 Å². The van der Waals surface area contributed by atoms with E-state index in [0.717, 1.165) is 0 Å². The molecule has 0 aliphatic carbocycles. The van der Waals surface area contributed by atoms with E-state index < -0.39 is 0 Å². The van der Waals surface area contributed by atoms with E-state index in [2.05, 4.69) is 9.97 Å². The first-order valence-corrected chi connectivity index (χ1v) is 8.69. The Balaban J connectivity index is 2.10. The molecular formula is C20H10Cl2N2O2. The number of halogens is 2. The number of hydrogen-bond donors (Lipinski definition) is 2. The maximum atomic E-state index is 13.0. The minimum atomic E-state index is -0.225. The van der Waals surface area contributed by atoms with Gasteiger partial charge in [-0.05, 0) is 30.3 Å². The Morgan fingerprint density at radius 2 is 1.42 bits per heavy atom. The summed E-state index contributed by atoms with van der Waals surface area (Å²) in [5.41, 5.74) is 1.82. The van der Waals surface area contributed by atoms with Gasteiger partial charge in [-0.2, -0.15) is 0 Å². The molecule has 5 aromatic rings. The molecule has 126 valence electrons. The van der Waals surface area contributed by atoms with Gasteiger partial charge in [-0.25, -0.2) is 0 Å². The van der Waals surface area contributed by atoms with Crippen LogP contribution in [0, 0.1) is 0 Å². The second-order valence-electron chi connectivity index (χ2n) is 6.15. The molecule has 2 heterocycles. The number of fused-ring (bicyclic) bond motifs is 4. The maximum absolute atomic E-state index is 13.0. The van der Waals surface area contributed by atoms with Gasteiger partial charge in [-0.15, -0.1) is 0 Å². The summed E-state index contributed by atoms with van der Waals surface area (Å²) in [6.07, 6.45) is 0. The van der Waals surface area contributed by atoms with Crippen LogP contribution in [0.4, 0.5) is 0 Å². The summed E-state index contributed by atoms with van der Waals surface area (Å²) in [4.78, 5) is 32.3. The minimum absolute atomic E-state index is 0.173. The molecule has 0 fully saturated rings. The highest BCUT2D eigenvalue weighted by Crippen LogP contribution is 2.31. The van der Waals surface area contributed by atoms with Gasteiger partial charge in [0.2, 0.25) is 0 Å². The SMILES string of the molecule is O=c1c2ccccc2[nH]c2cc3c(=O)c4c(Cl)cccc4[nH]c3c(Cl)c12. The first-order valence-electron chi connectivity index (χ1n) is 7.93. The van der Waals surface area contributed by atoms with E-state index in [-0.39, 0.29) is 15.9 Å². The molecule has 6 heteroatoms. The van der Waals surface area contributed by atoms with Crippen LogP contribution in [-0.2, 0) is 0 Å². The molecule has 0 spiro atoms. The number of aromatic nitrogens is 2. The molecule has 4 nitrogen and oxygen atoms in total. The van der Waals surface area contributed by atoms with Crippen molar-refractivity contribution in [3.8, 4) is 0 Å². The molecule has 0 unspecified atom stereocenters. The van der Waals surface area contributed by atoms with Crippen molar-refractivity contribution in [3.63, 3.8) is 0 Å². The Morgan fingerprint density at radius 1 is 0.692 bits per heavy atom. The number of para-hydroxylation sites is 1. The van der Waals surface area contributed by atoms with Crippen molar-refractivity contribution < 1.29 is 0 Å². The third-order valence-corrected chi connectivity index (χ3v) is 5.37. The van der Waals surface area contributed by atoms with Crippen LogP contribution < -0.4 is 10.9 Å². The van der Waals surface area contributed by atoms with Gasteiger partial charge in [0, 0.05) is 16.3 Å². The molecular weight excluding hydrogens is 371 g/mol. The van der Waals surface area contributed by atoms with Gasteiger partial charge in [-0.3, -0.25) is 9.59 Å². The van der Waals surface area contributed by atoms with Crippen LogP contribution in [-0.4, -0.2) is 9.97 Å². The zero-order chi connectivity index (χ0) is 18.0. The molecule has 26 heavy (non-hydrogen) atoms. The normalized spacial score (nSPS) is 11.8. The lowest BCUT2D eigenvalue weighted by Gasteiger charge is -2.09. The summed E-state index contributed by atoms with van der Waals surface area (Å²) in [6.45, 7) is 0. The smallest absolute Gasteiger partial charge is 0.198 e. The maximum Gasteiger partial charge on any atom is 0.198 e. The predicted molar refractivity (Wildman–Crippen MR) is 108 cm³/mol. The van der Waals surface area contributed by atoms with Gasteiger partial charge in [-0.1, -0.05) is 41.4 Å². The molecule has 2 aromatic heterocycles. The van der Waals surface area contributed by atoms with Crippen LogP contribution in [0.25, 0.3) is 43.6 Å². The number of rotatable bonds is 0. The lowest BCUT2D eigenvalue weighted by atomic mass is 10.1. The quantitative estimate of drug-likeness (QED) is 0.372. The standard InChI is InChI=1S/C20H10Cl2N2O2/c21-11-5-3-7-13-15(11)20(26)10-8-14-16(17(22)18(10)24-13)19(25)9-4-1-2-6-12(9)23-14/h1-8H,(H,23,25)(H,24,26). The average Bonchev–Trinajstić information content (AvgIpc) is 2.63. The molecule has 5 rings (SSSR count). The predicted octanol–water partition coefficient (Wildman–Crippen LogP) is 4.98. The average molecular weight is 381 g/mol. The Hall–Kier alpha value is -2.82. The highest BCUT2D eigenvalue weighted by molar-refractivity contribution is 6.41. The summed E-state index contributed by atoms with van der Waals surface area (Å²) < 4.78 is 0. The van der Waals surface area contributed by atoms with E-state index >= 15 is 0 Å². The number of nitrogens with one attached hydrogen (secondary N) is 2. The Bertz CT molecular complexity index is 1500. The summed E-state index contributed by atoms with van der Waals surface area (Å²) >= 11 is 12.8. The molecule has 0 bridgehead atoms. The van der Waals surface area contributed by atoms with E-state index in [1.165, 1.54) is 0 Å². The molecule has 2 N–H and O–H groups in total. The van der Waals surface area contributed by atoms with Crippen LogP contribution >= 0.6 is 23.2 Å². The second-order valence-corrected chi connectivity index (χ2v) is 6.94. The fraction of sp³-hybridized carbons (Fsp3) is 0. The number of hydrogen-bond acceptors (Lipinski definition) is 2. The third kappa shape index (κ3) is 1.97. The molecule has 0 amide bonds. The molecule has 0 aliphatic rings. The number of benzene rings is 3. The summed E-state index contributed by atoms with van der Waals surface area (Å²) in [6, 6.07) is 14.0. The topological polar surface area (TPSA) is 65.7 Å². The van der Waals surface area contributed by atoms with E-state index in [0.29, 0.717) is 48.6 Å². The van der Waals surface area contributed by atoms with Gasteiger partial charge >= 0.3 is 0 Å². The monoisotopic (exact) mass is 380 g/mol. The van der Waals surface area contributed by atoms with Crippen molar-refractivity contribution in [1.29, 1.82) is 0 Å². The highest BCUT2D eigenvalue weighted by Gasteiger charge is 2.16. The number of H-pyrrole nitrogens is 2. The Morgan fingerprint density at radius 3 is 2.27 bits per heavy atom. The molecule has 0 saturated heterocycles. The van der Waals surface area contributed by atoms with Crippen LogP contribution in [0.3, 0.4) is 0 Å². The molecule has 0 radical (unpaired) electrons. The van der Waals surface area contributed by atoms with Gasteiger partial charge < -0.3 is 9.97 Å². The Kier molecular flexibility index (Phi) is 3.17. The zero-order valence-electron chi connectivity index (χ0n) is 13.2. The van der Waals surface area contributed by atoms with Crippen LogP contribution in [0.2, 0.25) is 10.0 Å². The molecule has 0 atom stereocenters. The summed E-state index contributed by atoms with van der Waals surface area (Å²) in [5.74, 6) is 0. The minimum Gasteiger partial charge on any atom is -0.354 e. The van der Waals surface area contributed by atoms with Crippen molar-refractivity contribution in [3.05, 3.63) is 79.0 Å². The first-order chi connectivity index (χ1) is 12.6. The van der Waals surface area contributed by atoms with E-state index in [1.54, 1.807) is 36.4 Å². The van der Waals surface area contributed by atoms with Crippen molar-refractivity contribution in [2.24, 2.45) is 0 Å². The zero-order valence-corrected chi connectivity index (χ0v) is 14.7. The molecule has 0 saturated carbocycles. The van der Waals surface area contributed by atoms with E-state index in [4.69, 9.17) is 23.2 Å². The highest BCUT2D eigenvalue weighted by atomic mass is 35.5. The molecule has 3 aromatic carbocycles. The number of pyridine rings is 2. The number of aromatic amines is 2. The lowest BCUT2D eigenvalue weighted by Crippen LogP contribution is -2.09. The van der Waals surface area contributed by atoms with Crippen LogP contribution in [0.15, 0.2) is 58.1 Å². The van der Waals surface area contributed by atoms with Crippen molar-refractivity contribution in [2.45, 2.75) is 0 Å². The summed E-state index contributed by atoms with van der Waals surface area (Å²) in [7, 11) is 0. The van der Waals surface area contributed by atoms with Crippen molar-refractivity contribution in [1.82, 2.24) is 9.97 Å². The fourth-order valence-electron chi connectivity index (χ4n) is 3.47. The van der Waals surface area contributed by atoms with Gasteiger partial charge in [0.25, 0.3) is 0 Å². The fourth-order valence-corrected chi connectivity index (χ4v) is 4.07. The van der Waals surface area contributed by atoms with Crippen LogP contribution in [0.1, 0.15) is 0 Å². The van der Waals surface area contributed by atoms with Crippen molar-refractivity contribution in [2.75, 3.05) is 0 Å². The Labute approximate surface area is 156 Å². The van der Waals surface area contributed by atoms with Gasteiger partial charge in [0.1, 0.15) is 0 Å². The third-order valence-electron chi connectivity index (χ3n) is 4.68. The lowest BCUT2D eigenvalue weighted by molar-refractivity contribution is 1.46. The summed E-state index contributed by atoms with van der Waals surface area (Å²) in [5, 5.41) is 2.29. The van der Waals surface area contributed by atoms with Crippen molar-refractivity contribution >= 4 is 66.8 Å². The van der Waals surface area contributed by atoms with Crippen LogP contribution in [0.5, 0.6) is 0 Å². The first kappa shape index (κ1) is 15.4. The van der Waals surface area contributed by atoms with Gasteiger partial charge in [0.15, 0.2) is 10.9 Å².